The van der Waals surface area contributed by atoms with E-state index in [2.05, 4.69) is 24.3 Å². The molecule has 1 aromatic carbocycles. The molecule has 1 heterocycles. The average Bonchev–Trinajstić information content (AvgIpc) is 2.88. The zero-order valence-electron chi connectivity index (χ0n) is 11.2. The van der Waals surface area contributed by atoms with Gasteiger partial charge in [-0.3, -0.25) is 0 Å². The molecule has 1 aliphatic carbocycles. The standard InChI is InChI=1S/C16H22O2/c1-16(17-11-12-18-16)15-9-7-14(8-10-15)13-5-3-2-4-6-13/h7-10,13H,2-6,11-12H2,1H3. The summed E-state index contributed by atoms with van der Waals surface area (Å²) in [6.45, 7) is 3.40. The van der Waals surface area contributed by atoms with Gasteiger partial charge < -0.3 is 9.47 Å². The van der Waals surface area contributed by atoms with Crippen molar-refractivity contribution < 1.29 is 9.47 Å². The van der Waals surface area contributed by atoms with Gasteiger partial charge in [0.05, 0.1) is 13.2 Å². The van der Waals surface area contributed by atoms with E-state index >= 15 is 0 Å². The van der Waals surface area contributed by atoms with Crippen LogP contribution in [0, 0.1) is 0 Å². The summed E-state index contributed by atoms with van der Waals surface area (Å²) in [6.07, 6.45) is 6.88. The topological polar surface area (TPSA) is 18.5 Å². The second-order valence-electron chi connectivity index (χ2n) is 5.60. The minimum atomic E-state index is -0.523. The SMILES string of the molecule is CC1(c2ccc(C3CCCCC3)cc2)OCCO1. The fraction of sp³-hybridized carbons (Fsp3) is 0.625. The minimum absolute atomic E-state index is 0.523. The zero-order chi connectivity index (χ0) is 12.4. The van der Waals surface area contributed by atoms with Crippen LogP contribution in [0.2, 0.25) is 0 Å². The first kappa shape index (κ1) is 12.2. The van der Waals surface area contributed by atoms with Crippen molar-refractivity contribution >= 4 is 0 Å². The normalized spacial score (nSPS) is 24.3. The third-order valence-corrected chi connectivity index (χ3v) is 4.35. The van der Waals surface area contributed by atoms with Gasteiger partial charge in [-0.2, -0.15) is 0 Å². The molecule has 0 unspecified atom stereocenters. The van der Waals surface area contributed by atoms with Gasteiger partial charge in [0.15, 0.2) is 5.79 Å². The molecule has 2 nitrogen and oxygen atoms in total. The van der Waals surface area contributed by atoms with Crippen LogP contribution in [0.25, 0.3) is 0 Å². The van der Waals surface area contributed by atoms with Crippen LogP contribution in [0.4, 0.5) is 0 Å². The van der Waals surface area contributed by atoms with Gasteiger partial charge in [0.2, 0.25) is 0 Å². The quantitative estimate of drug-likeness (QED) is 0.786. The van der Waals surface area contributed by atoms with Crippen LogP contribution in [0.5, 0.6) is 0 Å². The largest absolute Gasteiger partial charge is 0.344 e. The van der Waals surface area contributed by atoms with Crippen molar-refractivity contribution in [3.8, 4) is 0 Å². The highest BCUT2D eigenvalue weighted by molar-refractivity contribution is 5.28. The Hall–Kier alpha value is -0.860. The van der Waals surface area contributed by atoms with Gasteiger partial charge in [-0.25, -0.2) is 0 Å². The number of hydrogen-bond donors (Lipinski definition) is 0. The van der Waals surface area contributed by atoms with Gasteiger partial charge in [-0.15, -0.1) is 0 Å². The lowest BCUT2D eigenvalue weighted by molar-refractivity contribution is -0.149. The Kier molecular flexibility index (Phi) is 3.40. The van der Waals surface area contributed by atoms with Crippen LogP contribution in [0.3, 0.4) is 0 Å². The second-order valence-corrected chi connectivity index (χ2v) is 5.60. The maximum absolute atomic E-state index is 5.69. The summed E-state index contributed by atoms with van der Waals surface area (Å²) in [4.78, 5) is 0. The van der Waals surface area contributed by atoms with Crippen molar-refractivity contribution in [2.75, 3.05) is 13.2 Å². The first-order chi connectivity index (χ1) is 8.78. The molecule has 0 aromatic heterocycles. The molecule has 0 atom stereocenters. The molecule has 2 fully saturated rings. The molecule has 2 aliphatic rings. The van der Waals surface area contributed by atoms with E-state index < -0.39 is 5.79 Å². The smallest absolute Gasteiger partial charge is 0.192 e. The number of benzene rings is 1. The summed E-state index contributed by atoms with van der Waals surface area (Å²) >= 11 is 0. The molecular weight excluding hydrogens is 224 g/mol. The van der Waals surface area contributed by atoms with Crippen molar-refractivity contribution in [2.45, 2.75) is 50.7 Å². The van der Waals surface area contributed by atoms with E-state index in [4.69, 9.17) is 9.47 Å². The van der Waals surface area contributed by atoms with Crippen molar-refractivity contribution in [3.05, 3.63) is 35.4 Å². The van der Waals surface area contributed by atoms with E-state index in [1.165, 1.54) is 37.7 Å². The highest BCUT2D eigenvalue weighted by Crippen LogP contribution is 2.35. The molecule has 0 N–H and O–H groups in total. The van der Waals surface area contributed by atoms with Crippen molar-refractivity contribution in [1.29, 1.82) is 0 Å². The molecule has 1 aromatic rings. The predicted molar refractivity (Wildman–Crippen MR) is 71.5 cm³/mol. The summed E-state index contributed by atoms with van der Waals surface area (Å²) in [7, 11) is 0. The molecule has 0 bridgehead atoms. The second kappa shape index (κ2) is 5.02. The van der Waals surface area contributed by atoms with Crippen LogP contribution in [-0.4, -0.2) is 13.2 Å². The van der Waals surface area contributed by atoms with Gasteiger partial charge in [0.25, 0.3) is 0 Å². The van der Waals surface area contributed by atoms with Crippen molar-refractivity contribution in [2.24, 2.45) is 0 Å². The fourth-order valence-electron chi connectivity index (χ4n) is 3.18. The van der Waals surface area contributed by atoms with E-state index in [-0.39, 0.29) is 0 Å². The highest BCUT2D eigenvalue weighted by atomic mass is 16.7. The Bertz CT molecular complexity index is 384. The first-order valence-corrected chi connectivity index (χ1v) is 7.16. The number of ether oxygens (including phenoxy) is 2. The van der Waals surface area contributed by atoms with Gasteiger partial charge in [0, 0.05) is 5.56 Å². The Morgan fingerprint density at radius 2 is 1.56 bits per heavy atom. The van der Waals surface area contributed by atoms with E-state index in [0.717, 1.165) is 11.5 Å². The molecule has 18 heavy (non-hydrogen) atoms. The minimum Gasteiger partial charge on any atom is -0.344 e. The molecule has 0 spiro atoms. The lowest BCUT2D eigenvalue weighted by Crippen LogP contribution is -2.22. The summed E-state index contributed by atoms with van der Waals surface area (Å²) in [5, 5.41) is 0. The molecule has 1 aliphatic heterocycles. The van der Waals surface area contributed by atoms with Gasteiger partial charge in [0.1, 0.15) is 0 Å². The van der Waals surface area contributed by atoms with E-state index in [0.29, 0.717) is 13.2 Å². The zero-order valence-corrected chi connectivity index (χ0v) is 11.2. The molecule has 3 rings (SSSR count). The molecule has 2 heteroatoms. The Morgan fingerprint density at radius 3 is 2.17 bits per heavy atom. The maximum atomic E-state index is 5.69. The van der Waals surface area contributed by atoms with Crippen LogP contribution in [0.1, 0.15) is 56.1 Å². The number of hydrogen-bond acceptors (Lipinski definition) is 2. The molecular formula is C16H22O2. The molecule has 1 saturated carbocycles. The van der Waals surface area contributed by atoms with Gasteiger partial charge in [-0.05, 0) is 31.2 Å². The fourth-order valence-corrected chi connectivity index (χ4v) is 3.18. The molecule has 98 valence electrons. The lowest BCUT2D eigenvalue weighted by atomic mass is 9.83. The summed E-state index contributed by atoms with van der Waals surface area (Å²) in [5.41, 5.74) is 2.62. The molecule has 1 saturated heterocycles. The van der Waals surface area contributed by atoms with Crippen LogP contribution < -0.4 is 0 Å². The third-order valence-electron chi connectivity index (χ3n) is 4.35. The van der Waals surface area contributed by atoms with Crippen LogP contribution in [-0.2, 0) is 15.3 Å². The predicted octanol–water partition coefficient (Wildman–Crippen LogP) is 3.95. The van der Waals surface area contributed by atoms with Crippen molar-refractivity contribution in [1.82, 2.24) is 0 Å². The van der Waals surface area contributed by atoms with Crippen LogP contribution in [0.15, 0.2) is 24.3 Å². The van der Waals surface area contributed by atoms with Crippen molar-refractivity contribution in [3.63, 3.8) is 0 Å². The molecule has 0 radical (unpaired) electrons. The monoisotopic (exact) mass is 246 g/mol. The number of rotatable bonds is 2. The summed E-state index contributed by atoms with van der Waals surface area (Å²) in [5.74, 6) is 0.247. The van der Waals surface area contributed by atoms with E-state index in [1.807, 2.05) is 6.92 Å². The van der Waals surface area contributed by atoms with E-state index in [1.54, 1.807) is 0 Å². The highest BCUT2D eigenvalue weighted by Gasteiger charge is 2.33. The summed E-state index contributed by atoms with van der Waals surface area (Å²) < 4.78 is 11.4. The van der Waals surface area contributed by atoms with Gasteiger partial charge in [-0.1, -0.05) is 43.5 Å². The lowest BCUT2D eigenvalue weighted by Gasteiger charge is -2.25. The average molecular weight is 246 g/mol. The van der Waals surface area contributed by atoms with E-state index in [9.17, 15) is 0 Å². The summed E-state index contributed by atoms with van der Waals surface area (Å²) in [6, 6.07) is 8.88. The first-order valence-electron chi connectivity index (χ1n) is 7.16. The molecule has 0 amide bonds. The van der Waals surface area contributed by atoms with Gasteiger partial charge >= 0.3 is 0 Å². The van der Waals surface area contributed by atoms with Crippen LogP contribution >= 0.6 is 0 Å². The Labute approximate surface area is 109 Å². The maximum Gasteiger partial charge on any atom is 0.192 e. The Balaban J connectivity index is 1.76. The third kappa shape index (κ3) is 2.32. The Morgan fingerprint density at radius 1 is 0.944 bits per heavy atom.